The second-order valence-corrected chi connectivity index (χ2v) is 6.14. The van der Waals surface area contributed by atoms with Gasteiger partial charge >= 0.3 is 0 Å². The Labute approximate surface area is 126 Å². The van der Waals surface area contributed by atoms with E-state index in [0.717, 1.165) is 11.3 Å². The number of piperazine rings is 1. The van der Waals surface area contributed by atoms with Gasteiger partial charge in [-0.2, -0.15) is 0 Å². The van der Waals surface area contributed by atoms with Crippen LogP contribution in [-0.4, -0.2) is 23.9 Å². The Morgan fingerprint density at radius 2 is 1.86 bits per heavy atom. The molecule has 0 bridgehead atoms. The molecule has 1 aromatic rings. The first kappa shape index (κ1) is 15.5. The topological polar surface area (TPSA) is 49.4 Å². The van der Waals surface area contributed by atoms with Gasteiger partial charge < -0.3 is 5.32 Å². The molecule has 4 heteroatoms. The van der Waals surface area contributed by atoms with Gasteiger partial charge in [0.2, 0.25) is 11.8 Å². The maximum atomic E-state index is 12.7. The number of nitrogens with zero attached hydrogens (tertiary/aromatic N) is 1. The third kappa shape index (κ3) is 2.80. The molecule has 0 radical (unpaired) electrons. The predicted octanol–water partition coefficient (Wildman–Crippen LogP) is 2.57. The van der Waals surface area contributed by atoms with Crippen molar-refractivity contribution in [2.45, 2.75) is 53.1 Å². The van der Waals surface area contributed by atoms with Crippen molar-refractivity contribution >= 4 is 17.5 Å². The second kappa shape index (κ2) is 5.88. The number of carbonyl (C=O) groups excluding carboxylic acids is 2. The van der Waals surface area contributed by atoms with Gasteiger partial charge in [-0.25, -0.2) is 0 Å². The lowest BCUT2D eigenvalue weighted by Gasteiger charge is -2.40. The van der Waals surface area contributed by atoms with Crippen LogP contribution in [0.2, 0.25) is 0 Å². The Hall–Kier alpha value is -1.84. The van der Waals surface area contributed by atoms with E-state index < -0.39 is 12.1 Å². The molecular weight excluding hydrogens is 264 g/mol. The fourth-order valence-electron chi connectivity index (χ4n) is 2.78. The van der Waals surface area contributed by atoms with Crippen LogP contribution in [0.25, 0.3) is 0 Å². The molecule has 4 nitrogen and oxygen atoms in total. The van der Waals surface area contributed by atoms with Crippen molar-refractivity contribution in [1.29, 1.82) is 0 Å². The molecule has 0 saturated carbocycles. The number of amides is 2. The van der Waals surface area contributed by atoms with Crippen molar-refractivity contribution in [3.63, 3.8) is 0 Å². The van der Waals surface area contributed by atoms with Gasteiger partial charge in [-0.15, -0.1) is 0 Å². The molecule has 0 aliphatic carbocycles. The predicted molar refractivity (Wildman–Crippen MR) is 84.2 cm³/mol. The van der Waals surface area contributed by atoms with Crippen LogP contribution in [0.15, 0.2) is 18.2 Å². The minimum atomic E-state index is -0.442. The van der Waals surface area contributed by atoms with Crippen molar-refractivity contribution in [2.75, 3.05) is 4.90 Å². The fourth-order valence-corrected chi connectivity index (χ4v) is 2.78. The van der Waals surface area contributed by atoms with Crippen LogP contribution in [0.1, 0.15) is 38.3 Å². The molecule has 21 heavy (non-hydrogen) atoms. The first-order chi connectivity index (χ1) is 9.86. The molecule has 1 aliphatic rings. The van der Waals surface area contributed by atoms with Crippen molar-refractivity contribution in [3.8, 4) is 0 Å². The first-order valence-corrected chi connectivity index (χ1v) is 7.57. The van der Waals surface area contributed by atoms with Crippen LogP contribution in [0.5, 0.6) is 0 Å². The summed E-state index contributed by atoms with van der Waals surface area (Å²) >= 11 is 0. The van der Waals surface area contributed by atoms with Crippen LogP contribution < -0.4 is 10.2 Å². The van der Waals surface area contributed by atoms with E-state index in [-0.39, 0.29) is 17.7 Å². The number of hydrogen-bond acceptors (Lipinski definition) is 2. The minimum absolute atomic E-state index is 0.0148. The highest BCUT2D eigenvalue weighted by Crippen LogP contribution is 2.27. The maximum absolute atomic E-state index is 12.7. The second-order valence-electron chi connectivity index (χ2n) is 6.14. The Balaban J connectivity index is 2.49. The first-order valence-electron chi connectivity index (χ1n) is 7.57. The molecule has 1 aromatic carbocycles. The van der Waals surface area contributed by atoms with Gasteiger partial charge in [0, 0.05) is 5.69 Å². The summed E-state index contributed by atoms with van der Waals surface area (Å²) in [6.45, 7) is 9.92. The van der Waals surface area contributed by atoms with E-state index in [1.54, 1.807) is 4.90 Å². The summed E-state index contributed by atoms with van der Waals surface area (Å²) < 4.78 is 0. The van der Waals surface area contributed by atoms with Crippen LogP contribution in [-0.2, 0) is 9.59 Å². The highest BCUT2D eigenvalue weighted by molar-refractivity contribution is 6.08. The highest BCUT2D eigenvalue weighted by Gasteiger charge is 2.42. The van der Waals surface area contributed by atoms with E-state index in [0.29, 0.717) is 6.42 Å². The number of rotatable bonds is 3. The van der Waals surface area contributed by atoms with Crippen molar-refractivity contribution < 1.29 is 9.59 Å². The van der Waals surface area contributed by atoms with Gasteiger partial charge in [0.1, 0.15) is 12.1 Å². The Morgan fingerprint density at radius 1 is 1.19 bits per heavy atom. The molecule has 1 N–H and O–H groups in total. The van der Waals surface area contributed by atoms with Crippen molar-refractivity contribution in [1.82, 2.24) is 5.32 Å². The van der Waals surface area contributed by atoms with Gasteiger partial charge in [-0.3, -0.25) is 14.5 Å². The van der Waals surface area contributed by atoms with Gasteiger partial charge in [-0.05, 0) is 49.4 Å². The molecule has 2 rings (SSSR count). The Morgan fingerprint density at radius 3 is 2.38 bits per heavy atom. The molecule has 0 spiro atoms. The quantitative estimate of drug-likeness (QED) is 0.929. The van der Waals surface area contributed by atoms with E-state index in [2.05, 4.69) is 5.32 Å². The van der Waals surface area contributed by atoms with Crippen LogP contribution in [0, 0.1) is 19.8 Å². The third-order valence-electron chi connectivity index (χ3n) is 4.21. The zero-order valence-corrected chi connectivity index (χ0v) is 13.4. The van der Waals surface area contributed by atoms with Crippen LogP contribution >= 0.6 is 0 Å². The van der Waals surface area contributed by atoms with Crippen molar-refractivity contribution in [3.05, 3.63) is 29.3 Å². The SMILES string of the molecule is CCC1NC(=O)C(C(C)C)N(c2ccc(C)c(C)c2)C1=O. The molecule has 2 atom stereocenters. The molecule has 1 fully saturated rings. The summed E-state index contributed by atoms with van der Waals surface area (Å²) in [7, 11) is 0. The lowest BCUT2D eigenvalue weighted by atomic mass is 9.95. The van der Waals surface area contributed by atoms with E-state index in [9.17, 15) is 9.59 Å². The smallest absolute Gasteiger partial charge is 0.250 e. The molecule has 1 aliphatic heterocycles. The number of anilines is 1. The number of carbonyl (C=O) groups is 2. The van der Waals surface area contributed by atoms with E-state index in [1.165, 1.54) is 5.56 Å². The van der Waals surface area contributed by atoms with Gasteiger partial charge in [0.05, 0.1) is 0 Å². The number of hydrogen-bond donors (Lipinski definition) is 1. The van der Waals surface area contributed by atoms with Crippen molar-refractivity contribution in [2.24, 2.45) is 5.92 Å². The van der Waals surface area contributed by atoms with Crippen LogP contribution in [0.3, 0.4) is 0 Å². The zero-order chi connectivity index (χ0) is 15.7. The summed E-state index contributed by atoms with van der Waals surface area (Å²) in [4.78, 5) is 26.8. The van der Waals surface area contributed by atoms with Gasteiger partial charge in [0.25, 0.3) is 0 Å². The maximum Gasteiger partial charge on any atom is 0.250 e. The number of nitrogens with one attached hydrogen (secondary N) is 1. The fraction of sp³-hybridized carbons (Fsp3) is 0.529. The zero-order valence-electron chi connectivity index (χ0n) is 13.4. The largest absolute Gasteiger partial charge is 0.342 e. The molecule has 0 aromatic heterocycles. The summed E-state index contributed by atoms with van der Waals surface area (Å²) in [6.07, 6.45) is 0.608. The van der Waals surface area contributed by atoms with Crippen LogP contribution in [0.4, 0.5) is 5.69 Å². The summed E-state index contributed by atoms with van der Waals surface area (Å²) in [5.74, 6) is -0.0119. The average Bonchev–Trinajstić information content (AvgIpc) is 2.43. The standard InChI is InChI=1S/C17H24N2O2/c1-6-14-17(21)19(15(10(2)3)16(20)18-14)13-8-7-11(4)12(5)9-13/h7-10,14-15H,6H2,1-5H3,(H,18,20). The monoisotopic (exact) mass is 288 g/mol. The number of aryl methyl sites for hydroxylation is 2. The van der Waals surface area contributed by atoms with E-state index >= 15 is 0 Å². The molecule has 1 saturated heterocycles. The molecule has 1 heterocycles. The molecule has 2 unspecified atom stereocenters. The molecule has 114 valence electrons. The lowest BCUT2D eigenvalue weighted by molar-refractivity contribution is -0.134. The third-order valence-corrected chi connectivity index (χ3v) is 4.21. The van der Waals surface area contributed by atoms with E-state index in [1.807, 2.05) is 52.8 Å². The van der Waals surface area contributed by atoms with E-state index in [4.69, 9.17) is 0 Å². The highest BCUT2D eigenvalue weighted by atomic mass is 16.2. The van der Waals surface area contributed by atoms with Gasteiger partial charge in [0.15, 0.2) is 0 Å². The Bertz CT molecular complexity index is 566. The van der Waals surface area contributed by atoms with Gasteiger partial charge in [-0.1, -0.05) is 26.8 Å². The number of benzene rings is 1. The summed E-state index contributed by atoms with van der Waals surface area (Å²) in [5.41, 5.74) is 3.12. The molecular formula is C17H24N2O2. The molecule has 2 amide bonds. The average molecular weight is 288 g/mol. The summed E-state index contributed by atoms with van der Waals surface area (Å²) in [6, 6.07) is 5.06. The Kier molecular flexibility index (Phi) is 4.35. The normalized spacial score (nSPS) is 22.7. The summed E-state index contributed by atoms with van der Waals surface area (Å²) in [5, 5.41) is 2.84. The lowest BCUT2D eigenvalue weighted by Crippen LogP contribution is -2.65. The minimum Gasteiger partial charge on any atom is -0.342 e.